The lowest BCUT2D eigenvalue weighted by atomic mass is 10.1. The summed E-state index contributed by atoms with van der Waals surface area (Å²) in [4.78, 5) is 16.6. The second-order valence-electron chi connectivity index (χ2n) is 6.98. The predicted octanol–water partition coefficient (Wildman–Crippen LogP) is 4.31. The first kappa shape index (κ1) is 20.1. The minimum atomic E-state index is -0.0858. The summed E-state index contributed by atoms with van der Waals surface area (Å²) in [5, 5.41) is 9.21. The molecule has 1 aliphatic heterocycles. The highest BCUT2D eigenvalue weighted by atomic mass is 32.2. The molecule has 1 unspecified atom stereocenters. The highest BCUT2D eigenvalue weighted by molar-refractivity contribution is 8.15. The van der Waals surface area contributed by atoms with Gasteiger partial charge in [-0.15, -0.1) is 5.10 Å². The van der Waals surface area contributed by atoms with Crippen LogP contribution in [-0.2, 0) is 11.3 Å². The van der Waals surface area contributed by atoms with Crippen LogP contribution in [0.2, 0.25) is 0 Å². The van der Waals surface area contributed by atoms with E-state index in [1.54, 1.807) is 11.1 Å². The van der Waals surface area contributed by atoms with E-state index < -0.39 is 0 Å². The summed E-state index contributed by atoms with van der Waals surface area (Å²) in [6, 6.07) is 16.2. The van der Waals surface area contributed by atoms with E-state index in [0.29, 0.717) is 11.7 Å². The molecule has 0 saturated carbocycles. The lowest BCUT2D eigenvalue weighted by molar-refractivity contribution is -0.126. The number of nitrogens with zero attached hydrogens (tertiary/aromatic N) is 4. The number of aryl methyl sites for hydroxylation is 1. The van der Waals surface area contributed by atoms with Gasteiger partial charge >= 0.3 is 0 Å². The molecule has 146 valence electrons. The molecule has 1 fully saturated rings. The first-order valence-electron chi connectivity index (χ1n) is 9.40. The second kappa shape index (κ2) is 9.06. The van der Waals surface area contributed by atoms with Crippen molar-refractivity contribution in [2.45, 2.75) is 32.1 Å². The molecule has 1 saturated heterocycles. The van der Waals surface area contributed by atoms with E-state index in [9.17, 15) is 4.79 Å². The fourth-order valence-corrected chi connectivity index (χ4v) is 3.98. The lowest BCUT2D eigenvalue weighted by Crippen LogP contribution is -2.31. The largest absolute Gasteiger partial charge is 0.378 e. The number of amides is 1. The Morgan fingerprint density at radius 2 is 1.86 bits per heavy atom. The molecule has 0 N–H and O–H groups in total. The van der Waals surface area contributed by atoms with Crippen LogP contribution in [0.4, 0.5) is 5.69 Å². The van der Waals surface area contributed by atoms with E-state index in [1.165, 1.54) is 17.3 Å². The van der Waals surface area contributed by atoms with Gasteiger partial charge in [-0.25, -0.2) is 0 Å². The van der Waals surface area contributed by atoms with Crippen LogP contribution in [0, 0.1) is 6.92 Å². The Balaban J connectivity index is 1.78. The Hall–Kier alpha value is -2.60. The van der Waals surface area contributed by atoms with Gasteiger partial charge in [-0.1, -0.05) is 55.1 Å². The Kier molecular flexibility index (Phi) is 6.52. The number of carbonyl (C=O) groups excluding carboxylic acids is 1. The summed E-state index contributed by atoms with van der Waals surface area (Å²) in [7, 11) is 4.02. The van der Waals surface area contributed by atoms with Gasteiger partial charge < -0.3 is 4.90 Å². The van der Waals surface area contributed by atoms with Gasteiger partial charge in [-0.05, 0) is 42.2 Å². The second-order valence-corrected chi connectivity index (χ2v) is 8.15. The highest BCUT2D eigenvalue weighted by Gasteiger charge is 2.37. The maximum Gasteiger partial charge on any atom is 0.242 e. The maximum atomic E-state index is 12.8. The zero-order valence-electron chi connectivity index (χ0n) is 16.8. The van der Waals surface area contributed by atoms with Gasteiger partial charge in [0, 0.05) is 19.8 Å². The molecule has 0 aromatic heterocycles. The number of rotatable bonds is 6. The van der Waals surface area contributed by atoms with Gasteiger partial charge in [-0.2, -0.15) is 5.10 Å². The lowest BCUT2D eigenvalue weighted by Gasteiger charge is -2.17. The number of thioether (sulfide) groups is 1. The predicted molar refractivity (Wildman–Crippen MR) is 119 cm³/mol. The molecule has 2 aromatic rings. The monoisotopic (exact) mass is 394 g/mol. The third kappa shape index (κ3) is 4.62. The summed E-state index contributed by atoms with van der Waals surface area (Å²) in [5.41, 5.74) is 4.41. The van der Waals surface area contributed by atoms with Crippen molar-refractivity contribution in [3.8, 4) is 0 Å². The molecule has 0 aliphatic carbocycles. The average molecular weight is 395 g/mol. The number of carbonyl (C=O) groups is 1. The fraction of sp³-hybridized carbons (Fsp3) is 0.318. The topological polar surface area (TPSA) is 48.3 Å². The Morgan fingerprint density at radius 1 is 1.14 bits per heavy atom. The molecule has 3 rings (SSSR count). The molecule has 5 nitrogen and oxygen atoms in total. The average Bonchev–Trinajstić information content (AvgIpc) is 2.99. The first-order chi connectivity index (χ1) is 13.5. The number of amidine groups is 1. The molecule has 1 amide bonds. The molecule has 0 bridgehead atoms. The molecule has 1 aliphatic rings. The van der Waals surface area contributed by atoms with E-state index in [1.807, 2.05) is 57.4 Å². The molecular formula is C22H26N4OS. The maximum absolute atomic E-state index is 12.8. The number of hydrogen-bond donors (Lipinski definition) is 0. The summed E-state index contributed by atoms with van der Waals surface area (Å²) in [5.74, 6) is 0.111. The molecule has 6 heteroatoms. The summed E-state index contributed by atoms with van der Waals surface area (Å²) >= 11 is 1.50. The van der Waals surface area contributed by atoms with Gasteiger partial charge in [0.05, 0.1) is 18.0 Å². The fourth-order valence-electron chi connectivity index (χ4n) is 2.95. The standard InChI is InChI=1S/C22H26N4OS/c1-5-20-21(27)26(15-18-9-7-6-8-16(18)2)22(28-20)24-23-14-17-10-12-19(13-11-17)25(3)4/h6-14,20H,5,15H2,1-4H3/b23-14+,24-22+. The normalized spacial score (nSPS) is 18.4. The van der Waals surface area contributed by atoms with Crippen LogP contribution in [0.15, 0.2) is 58.7 Å². The molecular weight excluding hydrogens is 368 g/mol. The van der Waals surface area contributed by atoms with E-state index in [2.05, 4.69) is 34.2 Å². The minimum Gasteiger partial charge on any atom is -0.378 e. The minimum absolute atomic E-state index is 0.0858. The Morgan fingerprint density at radius 3 is 2.50 bits per heavy atom. The van der Waals surface area contributed by atoms with Crippen molar-refractivity contribution in [1.82, 2.24) is 4.90 Å². The van der Waals surface area contributed by atoms with Crippen LogP contribution in [-0.4, -0.2) is 41.5 Å². The van der Waals surface area contributed by atoms with Crippen molar-refractivity contribution in [2.24, 2.45) is 10.2 Å². The smallest absolute Gasteiger partial charge is 0.242 e. The highest BCUT2D eigenvalue weighted by Crippen LogP contribution is 2.31. The molecule has 28 heavy (non-hydrogen) atoms. The van der Waals surface area contributed by atoms with Crippen LogP contribution in [0.25, 0.3) is 0 Å². The Labute approximate surface area is 171 Å². The third-order valence-electron chi connectivity index (χ3n) is 4.74. The summed E-state index contributed by atoms with van der Waals surface area (Å²) in [6.45, 7) is 4.62. The number of anilines is 1. The summed E-state index contributed by atoms with van der Waals surface area (Å²) < 4.78 is 0. The van der Waals surface area contributed by atoms with E-state index >= 15 is 0 Å². The van der Waals surface area contributed by atoms with Crippen LogP contribution in [0.3, 0.4) is 0 Å². The van der Waals surface area contributed by atoms with Gasteiger partial charge in [0.15, 0.2) is 5.17 Å². The van der Waals surface area contributed by atoms with Crippen molar-refractivity contribution in [1.29, 1.82) is 0 Å². The molecule has 0 spiro atoms. The van der Waals surface area contributed by atoms with Crippen molar-refractivity contribution in [3.63, 3.8) is 0 Å². The number of benzene rings is 2. The molecule has 2 aromatic carbocycles. The van der Waals surface area contributed by atoms with Crippen molar-refractivity contribution in [2.75, 3.05) is 19.0 Å². The zero-order chi connectivity index (χ0) is 20.1. The van der Waals surface area contributed by atoms with Crippen molar-refractivity contribution < 1.29 is 4.79 Å². The summed E-state index contributed by atoms with van der Waals surface area (Å²) in [6.07, 6.45) is 2.51. The van der Waals surface area contributed by atoms with E-state index in [0.717, 1.165) is 23.2 Å². The van der Waals surface area contributed by atoms with Crippen LogP contribution in [0.5, 0.6) is 0 Å². The molecule has 1 heterocycles. The van der Waals surface area contributed by atoms with Crippen LogP contribution in [0.1, 0.15) is 30.0 Å². The Bertz CT molecular complexity index is 890. The zero-order valence-corrected chi connectivity index (χ0v) is 17.6. The third-order valence-corrected chi connectivity index (χ3v) is 6.07. The van der Waals surface area contributed by atoms with E-state index in [4.69, 9.17) is 0 Å². The molecule has 1 atom stereocenters. The van der Waals surface area contributed by atoms with Gasteiger partial charge in [0.1, 0.15) is 0 Å². The van der Waals surface area contributed by atoms with Crippen LogP contribution >= 0.6 is 11.8 Å². The van der Waals surface area contributed by atoms with E-state index in [-0.39, 0.29) is 11.2 Å². The van der Waals surface area contributed by atoms with Crippen molar-refractivity contribution >= 4 is 34.7 Å². The van der Waals surface area contributed by atoms with Crippen molar-refractivity contribution in [3.05, 3.63) is 65.2 Å². The SMILES string of the molecule is CCC1S/C(=N/N=C/c2ccc(N(C)C)cc2)N(Cc2ccccc2C)C1=O. The van der Waals surface area contributed by atoms with Gasteiger partial charge in [0.2, 0.25) is 5.91 Å². The molecule has 0 radical (unpaired) electrons. The van der Waals surface area contributed by atoms with Gasteiger partial charge in [-0.3, -0.25) is 9.69 Å². The first-order valence-corrected chi connectivity index (χ1v) is 10.3. The number of hydrogen-bond acceptors (Lipinski definition) is 5. The van der Waals surface area contributed by atoms with Crippen LogP contribution < -0.4 is 4.90 Å². The van der Waals surface area contributed by atoms with Gasteiger partial charge in [0.25, 0.3) is 0 Å². The quantitative estimate of drug-likeness (QED) is 0.542.